The molecule has 0 unspecified atom stereocenters. The van der Waals surface area contributed by atoms with E-state index in [1.807, 2.05) is 17.9 Å². The Labute approximate surface area is 181 Å². The van der Waals surface area contributed by atoms with Crippen LogP contribution in [0.2, 0.25) is 0 Å². The number of ketones is 1. The van der Waals surface area contributed by atoms with Gasteiger partial charge in [0.2, 0.25) is 0 Å². The molecule has 6 heteroatoms. The summed E-state index contributed by atoms with van der Waals surface area (Å²) in [6.07, 6.45) is 6.12. The maximum atomic E-state index is 12.9. The van der Waals surface area contributed by atoms with Crippen LogP contribution in [-0.2, 0) is 16.0 Å². The third kappa shape index (κ3) is 4.17. The molecule has 0 spiro atoms. The first-order valence-electron chi connectivity index (χ1n) is 10.7. The molecule has 1 aromatic carbocycles. The van der Waals surface area contributed by atoms with E-state index < -0.39 is 0 Å². The maximum Gasteiger partial charge on any atom is 0.142 e. The molecule has 0 atom stereocenters. The van der Waals surface area contributed by atoms with Crippen LogP contribution in [0.5, 0.6) is 0 Å². The number of likely N-dealkylation sites (tertiary alicyclic amines) is 1. The lowest BCUT2D eigenvalue weighted by Crippen LogP contribution is -2.50. The zero-order chi connectivity index (χ0) is 20.6. The number of thiazole rings is 1. The van der Waals surface area contributed by atoms with E-state index in [0.29, 0.717) is 17.6 Å². The fraction of sp³-hybridized carbons (Fsp3) is 0.458. The fourth-order valence-electron chi connectivity index (χ4n) is 4.61. The van der Waals surface area contributed by atoms with Crippen LogP contribution >= 0.6 is 11.3 Å². The predicted octanol–water partition coefficient (Wildman–Crippen LogP) is 4.22. The van der Waals surface area contributed by atoms with Crippen LogP contribution in [0.1, 0.15) is 25.5 Å². The summed E-state index contributed by atoms with van der Waals surface area (Å²) in [5.41, 5.74) is 4.19. The number of nitrogens with zero attached hydrogens (tertiary/aromatic N) is 3. The largest absolute Gasteiger partial charge is 0.380 e. The smallest absolute Gasteiger partial charge is 0.142 e. The Kier molecular flexibility index (Phi) is 5.39. The van der Waals surface area contributed by atoms with Gasteiger partial charge in [0.15, 0.2) is 0 Å². The van der Waals surface area contributed by atoms with Crippen molar-refractivity contribution in [2.45, 2.75) is 26.2 Å². The number of carbonyl (C=O) groups excluding carboxylic acids is 1. The number of fused-ring (bicyclic) bond motifs is 1. The van der Waals surface area contributed by atoms with E-state index >= 15 is 0 Å². The quantitative estimate of drug-likeness (QED) is 0.597. The Balaban J connectivity index is 1.22. The average molecular weight is 422 g/mol. The molecule has 0 saturated carbocycles. The standard InChI is InChI=1S/C24H27N3O2S/c1-24(14-29-15-24)13-27-6-4-17(5-7-27)22(28)10-21-9-20-8-18(23-12-25-16-30-23)2-3-19(20)11-26-21/h2-3,8-9,11-12,16-17H,4-7,10,13-15H2,1H3. The summed E-state index contributed by atoms with van der Waals surface area (Å²) in [5, 5.41) is 2.23. The molecule has 4 heterocycles. The van der Waals surface area contributed by atoms with Gasteiger partial charge in [-0.2, -0.15) is 0 Å². The van der Waals surface area contributed by atoms with E-state index in [2.05, 4.69) is 46.1 Å². The molecule has 2 saturated heterocycles. The second-order valence-corrected chi connectivity index (χ2v) is 9.99. The number of ether oxygens (including phenoxy) is 1. The van der Waals surface area contributed by atoms with E-state index in [1.165, 1.54) is 0 Å². The molecular formula is C24H27N3O2S. The summed E-state index contributed by atoms with van der Waals surface area (Å²) < 4.78 is 5.37. The molecule has 5 rings (SSSR count). The molecule has 0 aliphatic carbocycles. The van der Waals surface area contributed by atoms with E-state index in [0.717, 1.165) is 72.6 Å². The van der Waals surface area contributed by atoms with Gasteiger partial charge in [-0.1, -0.05) is 19.1 Å². The minimum absolute atomic E-state index is 0.160. The van der Waals surface area contributed by atoms with Gasteiger partial charge >= 0.3 is 0 Å². The van der Waals surface area contributed by atoms with Gasteiger partial charge in [-0.05, 0) is 49.0 Å². The zero-order valence-electron chi connectivity index (χ0n) is 17.3. The molecule has 156 valence electrons. The summed E-state index contributed by atoms with van der Waals surface area (Å²) in [5.74, 6) is 0.492. The van der Waals surface area contributed by atoms with Crippen molar-refractivity contribution >= 4 is 27.9 Å². The third-order valence-electron chi connectivity index (χ3n) is 6.40. The van der Waals surface area contributed by atoms with Gasteiger partial charge in [-0.15, -0.1) is 11.3 Å². The van der Waals surface area contributed by atoms with Gasteiger partial charge in [-0.3, -0.25) is 14.8 Å². The molecule has 0 amide bonds. The van der Waals surface area contributed by atoms with Gasteiger partial charge in [0.25, 0.3) is 0 Å². The predicted molar refractivity (Wildman–Crippen MR) is 120 cm³/mol. The first-order valence-corrected chi connectivity index (χ1v) is 11.6. The topological polar surface area (TPSA) is 55.3 Å². The van der Waals surface area contributed by atoms with Gasteiger partial charge < -0.3 is 9.64 Å². The minimum atomic E-state index is 0.160. The van der Waals surface area contributed by atoms with Crippen molar-refractivity contribution in [3.8, 4) is 10.4 Å². The molecule has 2 fully saturated rings. The molecule has 0 bridgehead atoms. The van der Waals surface area contributed by atoms with Crippen LogP contribution in [0.25, 0.3) is 21.2 Å². The number of carbonyl (C=O) groups is 1. The van der Waals surface area contributed by atoms with Gasteiger partial charge in [0.05, 0.1) is 23.6 Å². The van der Waals surface area contributed by atoms with Gasteiger partial charge in [-0.25, -0.2) is 0 Å². The van der Waals surface area contributed by atoms with Crippen molar-refractivity contribution in [2.24, 2.45) is 11.3 Å². The Morgan fingerprint density at radius 3 is 2.73 bits per heavy atom. The highest BCUT2D eigenvalue weighted by Gasteiger charge is 2.36. The van der Waals surface area contributed by atoms with Crippen LogP contribution in [0.15, 0.2) is 42.2 Å². The van der Waals surface area contributed by atoms with Crippen LogP contribution in [-0.4, -0.2) is 53.5 Å². The normalized spacial score (nSPS) is 19.6. The number of aromatic nitrogens is 2. The number of piperidine rings is 1. The summed E-state index contributed by atoms with van der Waals surface area (Å²) in [6, 6.07) is 8.44. The van der Waals surface area contributed by atoms with Gasteiger partial charge in [0.1, 0.15) is 5.78 Å². The Hall–Kier alpha value is -2.15. The molecule has 30 heavy (non-hydrogen) atoms. The molecule has 5 nitrogen and oxygen atoms in total. The number of hydrogen-bond donors (Lipinski definition) is 0. The van der Waals surface area contributed by atoms with Crippen molar-refractivity contribution in [1.29, 1.82) is 0 Å². The number of Topliss-reactive ketones (excluding diaryl/α,β-unsaturated/α-hetero) is 1. The average Bonchev–Trinajstić information content (AvgIpc) is 3.27. The zero-order valence-corrected chi connectivity index (χ0v) is 18.2. The summed E-state index contributed by atoms with van der Waals surface area (Å²) in [7, 11) is 0. The van der Waals surface area contributed by atoms with Crippen molar-refractivity contribution < 1.29 is 9.53 Å². The SMILES string of the molecule is CC1(CN2CCC(C(=O)Cc3cc4cc(-c5cncs5)ccc4cn3)CC2)COC1. The first kappa shape index (κ1) is 19.8. The van der Waals surface area contributed by atoms with E-state index in [1.54, 1.807) is 11.3 Å². The molecule has 2 aliphatic heterocycles. The highest BCUT2D eigenvalue weighted by Crippen LogP contribution is 2.30. The second kappa shape index (κ2) is 8.17. The van der Waals surface area contributed by atoms with Crippen LogP contribution in [0, 0.1) is 11.3 Å². The lowest BCUT2D eigenvalue weighted by molar-refractivity contribution is -0.127. The number of rotatable bonds is 6. The number of benzene rings is 1. The van der Waals surface area contributed by atoms with Crippen molar-refractivity contribution in [1.82, 2.24) is 14.9 Å². The molecule has 3 aromatic rings. The Morgan fingerprint density at radius 1 is 1.20 bits per heavy atom. The summed E-state index contributed by atoms with van der Waals surface area (Å²) in [4.78, 5) is 25.3. The molecule has 2 aromatic heterocycles. The molecule has 2 aliphatic rings. The Bertz CT molecular complexity index is 1040. The first-order chi connectivity index (χ1) is 14.6. The molecule has 0 radical (unpaired) electrons. The minimum Gasteiger partial charge on any atom is -0.380 e. The van der Waals surface area contributed by atoms with Crippen LogP contribution < -0.4 is 0 Å². The maximum absolute atomic E-state index is 12.9. The van der Waals surface area contributed by atoms with E-state index in [-0.39, 0.29) is 5.92 Å². The third-order valence-corrected chi connectivity index (χ3v) is 7.22. The number of hydrogen-bond acceptors (Lipinski definition) is 6. The number of pyridine rings is 1. The lowest BCUT2D eigenvalue weighted by Gasteiger charge is -2.43. The fourth-order valence-corrected chi connectivity index (χ4v) is 5.23. The van der Waals surface area contributed by atoms with Crippen molar-refractivity contribution in [3.05, 3.63) is 47.9 Å². The summed E-state index contributed by atoms with van der Waals surface area (Å²) in [6.45, 7) is 7.13. The van der Waals surface area contributed by atoms with Crippen molar-refractivity contribution in [3.63, 3.8) is 0 Å². The highest BCUT2D eigenvalue weighted by atomic mass is 32.1. The van der Waals surface area contributed by atoms with Crippen LogP contribution in [0.4, 0.5) is 0 Å². The van der Waals surface area contributed by atoms with Crippen molar-refractivity contribution in [2.75, 3.05) is 32.8 Å². The molecule has 0 N–H and O–H groups in total. The lowest BCUT2D eigenvalue weighted by atomic mass is 9.85. The monoisotopic (exact) mass is 421 g/mol. The van der Waals surface area contributed by atoms with Crippen LogP contribution in [0.3, 0.4) is 0 Å². The summed E-state index contributed by atoms with van der Waals surface area (Å²) >= 11 is 1.63. The highest BCUT2D eigenvalue weighted by molar-refractivity contribution is 7.13. The van der Waals surface area contributed by atoms with E-state index in [4.69, 9.17) is 4.74 Å². The molecular weight excluding hydrogens is 394 g/mol. The Morgan fingerprint density at radius 2 is 2.03 bits per heavy atom. The van der Waals surface area contributed by atoms with E-state index in [9.17, 15) is 4.79 Å². The van der Waals surface area contributed by atoms with Gasteiger partial charge in [0, 0.05) is 47.8 Å². The second-order valence-electron chi connectivity index (χ2n) is 9.10.